The molecule has 1 aliphatic heterocycles. The Morgan fingerprint density at radius 1 is 0.778 bits per heavy atom. The highest BCUT2D eigenvalue weighted by Crippen LogP contribution is 2.31. The molecule has 3 aromatic carbocycles. The number of aryl methyl sites for hydroxylation is 1. The van der Waals surface area contributed by atoms with Gasteiger partial charge in [0, 0.05) is 32.2 Å². The first-order valence-electron chi connectivity index (χ1n) is 19.5. The van der Waals surface area contributed by atoms with Crippen LogP contribution in [0.2, 0.25) is 0 Å². The summed E-state index contributed by atoms with van der Waals surface area (Å²) < 4.78 is 11.2. The summed E-state index contributed by atoms with van der Waals surface area (Å²) in [4.78, 5) is 58.1. The Balaban J connectivity index is 1.21. The summed E-state index contributed by atoms with van der Waals surface area (Å²) in [7, 11) is 0. The van der Waals surface area contributed by atoms with Crippen LogP contribution in [0.1, 0.15) is 88.0 Å². The van der Waals surface area contributed by atoms with Crippen LogP contribution in [0.15, 0.2) is 84.9 Å². The molecule has 0 bridgehead atoms. The van der Waals surface area contributed by atoms with E-state index in [0.29, 0.717) is 44.8 Å². The second-order valence-corrected chi connectivity index (χ2v) is 16.0. The quantitative estimate of drug-likeness (QED) is 0.175. The molecule has 1 saturated carbocycles. The number of likely N-dealkylation sites (tertiary alicyclic amines) is 1. The van der Waals surface area contributed by atoms with E-state index in [1.165, 1.54) is 0 Å². The highest BCUT2D eigenvalue weighted by atomic mass is 16.6. The molecule has 2 N–H and O–H groups in total. The number of hydrogen-bond acceptors (Lipinski definition) is 6. The Kier molecular flexibility index (Phi) is 14.5. The van der Waals surface area contributed by atoms with Gasteiger partial charge in [-0.15, -0.1) is 0 Å². The van der Waals surface area contributed by atoms with Gasteiger partial charge < -0.3 is 29.9 Å². The summed E-state index contributed by atoms with van der Waals surface area (Å²) in [5.41, 5.74) is 3.39. The Morgan fingerprint density at radius 3 is 1.93 bits per heavy atom. The third kappa shape index (κ3) is 12.1. The van der Waals surface area contributed by atoms with E-state index in [0.717, 1.165) is 47.9 Å². The van der Waals surface area contributed by atoms with Gasteiger partial charge in [0.2, 0.25) is 11.8 Å². The number of piperidine rings is 1. The zero-order valence-electron chi connectivity index (χ0n) is 32.4. The second-order valence-electron chi connectivity index (χ2n) is 16.0. The number of benzene rings is 3. The molecule has 3 aromatic rings. The van der Waals surface area contributed by atoms with E-state index in [1.54, 1.807) is 4.90 Å². The zero-order chi connectivity index (χ0) is 38.5. The van der Waals surface area contributed by atoms with Gasteiger partial charge in [-0.25, -0.2) is 9.59 Å². The maximum Gasteiger partial charge on any atom is 0.410 e. The fraction of sp³-hybridized carbons (Fsp3) is 0.500. The SMILES string of the molecule is Cc1ccc(CN(C(=O)OCc2ccccc2)C2CCN(C(=O)[C@@H](NC(=O)[C@@H](CNC(=O)OCc3ccccc3)CC3CCCC3)C(C)(C)C)CC2)cc1. The van der Waals surface area contributed by atoms with Gasteiger partial charge in [-0.3, -0.25) is 9.59 Å². The standard InChI is InChI=1S/C44H58N4O6/c1-32-19-21-34(22-20-32)29-48(43(52)54-31-36-17-9-6-10-18-36)38-23-25-47(26-24-38)41(50)39(44(2,3)4)46-40(49)37(27-33-13-11-12-14-33)28-45-42(51)53-30-35-15-7-5-8-16-35/h5-10,15-22,33,37-39H,11-14,23-31H2,1-4H3,(H,45,51)(H,46,49)/t37-,39-/m1/s1. The Bertz CT molecular complexity index is 1650. The first-order valence-corrected chi connectivity index (χ1v) is 19.5. The van der Waals surface area contributed by atoms with Crippen molar-refractivity contribution in [1.29, 1.82) is 0 Å². The molecule has 54 heavy (non-hydrogen) atoms. The second kappa shape index (κ2) is 19.5. The maximum absolute atomic E-state index is 14.2. The lowest BCUT2D eigenvalue weighted by molar-refractivity contribution is -0.141. The van der Waals surface area contributed by atoms with E-state index in [9.17, 15) is 19.2 Å². The number of ether oxygens (including phenoxy) is 2. The Labute approximate surface area is 321 Å². The van der Waals surface area contributed by atoms with E-state index in [2.05, 4.69) is 10.6 Å². The number of alkyl carbamates (subject to hydrolysis) is 1. The molecule has 290 valence electrons. The van der Waals surface area contributed by atoms with Crippen molar-refractivity contribution in [3.8, 4) is 0 Å². The van der Waals surface area contributed by atoms with Crippen LogP contribution < -0.4 is 10.6 Å². The number of amides is 4. The summed E-state index contributed by atoms with van der Waals surface area (Å²) in [5, 5.41) is 5.94. The number of nitrogens with one attached hydrogen (secondary N) is 2. The third-order valence-electron chi connectivity index (χ3n) is 10.7. The van der Waals surface area contributed by atoms with Gasteiger partial charge in [-0.1, -0.05) is 137 Å². The number of carbonyl (C=O) groups is 4. The number of nitrogens with zero attached hydrogens (tertiary/aromatic N) is 2. The van der Waals surface area contributed by atoms with Crippen molar-refractivity contribution in [3.05, 3.63) is 107 Å². The Morgan fingerprint density at radius 2 is 1.35 bits per heavy atom. The Hall–Kier alpha value is -4.86. The van der Waals surface area contributed by atoms with Gasteiger partial charge in [0.1, 0.15) is 19.3 Å². The van der Waals surface area contributed by atoms with Crippen LogP contribution in [0.5, 0.6) is 0 Å². The normalized spacial score (nSPS) is 16.3. The summed E-state index contributed by atoms with van der Waals surface area (Å²) >= 11 is 0. The molecule has 0 spiro atoms. The van der Waals surface area contributed by atoms with Gasteiger partial charge in [0.25, 0.3) is 0 Å². The van der Waals surface area contributed by atoms with Gasteiger partial charge >= 0.3 is 12.2 Å². The minimum Gasteiger partial charge on any atom is -0.445 e. The summed E-state index contributed by atoms with van der Waals surface area (Å²) in [5.74, 6) is -0.481. The molecule has 4 amide bonds. The molecule has 10 nitrogen and oxygen atoms in total. The van der Waals surface area contributed by atoms with Crippen LogP contribution in [-0.4, -0.2) is 65.5 Å². The van der Waals surface area contributed by atoms with E-state index in [-0.39, 0.29) is 43.7 Å². The predicted molar refractivity (Wildman–Crippen MR) is 209 cm³/mol. The smallest absolute Gasteiger partial charge is 0.410 e. The molecular weight excluding hydrogens is 681 g/mol. The van der Waals surface area contributed by atoms with Gasteiger partial charge in [0.15, 0.2) is 0 Å². The van der Waals surface area contributed by atoms with Crippen LogP contribution >= 0.6 is 0 Å². The van der Waals surface area contributed by atoms with Crippen molar-refractivity contribution in [2.45, 2.75) is 104 Å². The fourth-order valence-corrected chi connectivity index (χ4v) is 7.44. The van der Waals surface area contributed by atoms with Gasteiger partial charge in [-0.05, 0) is 54.2 Å². The lowest BCUT2D eigenvalue weighted by Gasteiger charge is -2.41. The molecular formula is C44H58N4O6. The third-order valence-corrected chi connectivity index (χ3v) is 10.7. The summed E-state index contributed by atoms with van der Waals surface area (Å²) in [6.45, 7) is 9.66. The lowest BCUT2D eigenvalue weighted by atomic mass is 9.84. The van der Waals surface area contributed by atoms with E-state index >= 15 is 0 Å². The fourth-order valence-electron chi connectivity index (χ4n) is 7.44. The van der Waals surface area contributed by atoms with Crippen molar-refractivity contribution in [2.75, 3.05) is 19.6 Å². The van der Waals surface area contributed by atoms with Crippen molar-refractivity contribution in [2.24, 2.45) is 17.3 Å². The minimum atomic E-state index is -0.767. The maximum atomic E-state index is 14.2. The first kappa shape index (κ1) is 40.3. The largest absolute Gasteiger partial charge is 0.445 e. The topological polar surface area (TPSA) is 117 Å². The molecule has 2 atom stereocenters. The predicted octanol–water partition coefficient (Wildman–Crippen LogP) is 7.78. The molecule has 5 rings (SSSR count). The average molecular weight is 739 g/mol. The van der Waals surface area contributed by atoms with E-state index < -0.39 is 23.5 Å². The molecule has 0 aromatic heterocycles. The summed E-state index contributed by atoms with van der Waals surface area (Å²) in [6.07, 6.45) is 5.24. The molecule has 0 unspecified atom stereocenters. The van der Waals surface area contributed by atoms with Crippen molar-refractivity contribution < 1.29 is 28.7 Å². The number of rotatable bonds is 14. The van der Waals surface area contributed by atoms with Gasteiger partial charge in [-0.2, -0.15) is 0 Å². The first-order chi connectivity index (χ1) is 26.0. The van der Waals surface area contributed by atoms with Crippen LogP contribution in [0.3, 0.4) is 0 Å². The van der Waals surface area contributed by atoms with Crippen molar-refractivity contribution >= 4 is 24.0 Å². The van der Waals surface area contributed by atoms with Crippen LogP contribution in [-0.2, 0) is 38.8 Å². The zero-order valence-corrected chi connectivity index (χ0v) is 32.4. The average Bonchev–Trinajstić information content (AvgIpc) is 3.70. The highest BCUT2D eigenvalue weighted by Gasteiger charge is 2.40. The molecule has 0 radical (unpaired) electrons. The number of carbonyl (C=O) groups excluding carboxylic acids is 4. The number of hydrogen-bond donors (Lipinski definition) is 2. The minimum absolute atomic E-state index is 0.121. The molecule has 1 saturated heterocycles. The lowest BCUT2D eigenvalue weighted by Crippen LogP contribution is -2.58. The van der Waals surface area contributed by atoms with Crippen molar-refractivity contribution in [3.63, 3.8) is 0 Å². The highest BCUT2D eigenvalue weighted by molar-refractivity contribution is 5.89. The van der Waals surface area contributed by atoms with E-state index in [1.807, 2.05) is 118 Å². The van der Waals surface area contributed by atoms with Crippen LogP contribution in [0.4, 0.5) is 9.59 Å². The summed E-state index contributed by atoms with van der Waals surface area (Å²) in [6, 6.07) is 26.3. The van der Waals surface area contributed by atoms with E-state index in [4.69, 9.17) is 9.47 Å². The molecule has 2 fully saturated rings. The van der Waals surface area contributed by atoms with Crippen molar-refractivity contribution in [1.82, 2.24) is 20.4 Å². The molecule has 1 heterocycles. The molecule has 2 aliphatic rings. The monoisotopic (exact) mass is 738 g/mol. The molecule has 1 aliphatic carbocycles. The molecule has 10 heteroatoms. The van der Waals surface area contributed by atoms with Crippen LogP contribution in [0.25, 0.3) is 0 Å². The van der Waals surface area contributed by atoms with Crippen LogP contribution in [0, 0.1) is 24.2 Å². The van der Waals surface area contributed by atoms with Gasteiger partial charge in [0.05, 0.1) is 5.92 Å².